The summed E-state index contributed by atoms with van der Waals surface area (Å²) in [7, 11) is 0. The van der Waals surface area contributed by atoms with Crippen LogP contribution in [-0.2, 0) is 0 Å². The van der Waals surface area contributed by atoms with Crippen molar-refractivity contribution in [2.45, 2.75) is 31.8 Å². The van der Waals surface area contributed by atoms with Gasteiger partial charge in [-0.3, -0.25) is 10.1 Å². The molecular formula is C15H18N4O2. The molecular weight excluding hydrogens is 268 g/mol. The van der Waals surface area contributed by atoms with Crippen LogP contribution < -0.4 is 10.6 Å². The molecule has 0 radical (unpaired) electrons. The second-order valence-electron chi connectivity index (χ2n) is 5.59. The molecule has 1 aliphatic heterocycles. The van der Waals surface area contributed by atoms with Gasteiger partial charge in [0.25, 0.3) is 5.69 Å². The number of nitrogens with zero attached hydrogens (tertiary/aromatic N) is 3. The standard InChI is InChI=1S/C15H18N4O2/c1-10-9-11(16)6-8-18(10)13-5-7-17-15-12(13)3-2-4-14(15)19(20)21/h2-5,7,10-11H,6,8-9,16H2,1H3. The molecule has 3 rings (SSSR count). The molecule has 2 heterocycles. The van der Waals surface area contributed by atoms with E-state index in [2.05, 4.69) is 16.8 Å². The zero-order chi connectivity index (χ0) is 15.0. The van der Waals surface area contributed by atoms with Crippen LogP contribution in [0.15, 0.2) is 30.5 Å². The maximum Gasteiger partial charge on any atom is 0.295 e. The Hall–Kier alpha value is -2.21. The number of rotatable bonds is 2. The Morgan fingerprint density at radius 2 is 2.24 bits per heavy atom. The van der Waals surface area contributed by atoms with Crippen molar-refractivity contribution in [2.24, 2.45) is 5.73 Å². The normalized spacial score (nSPS) is 22.5. The van der Waals surface area contributed by atoms with Crippen molar-refractivity contribution < 1.29 is 4.92 Å². The molecule has 1 aromatic carbocycles. The van der Waals surface area contributed by atoms with Gasteiger partial charge in [0.1, 0.15) is 5.52 Å². The lowest BCUT2D eigenvalue weighted by molar-refractivity contribution is -0.383. The van der Waals surface area contributed by atoms with Crippen LogP contribution in [0.4, 0.5) is 11.4 Å². The van der Waals surface area contributed by atoms with Gasteiger partial charge in [0, 0.05) is 42.0 Å². The van der Waals surface area contributed by atoms with Crippen molar-refractivity contribution in [1.29, 1.82) is 0 Å². The number of nitro benzene ring substituents is 1. The van der Waals surface area contributed by atoms with Gasteiger partial charge in [0.2, 0.25) is 0 Å². The van der Waals surface area contributed by atoms with Crippen LogP contribution in [-0.4, -0.2) is 28.5 Å². The Kier molecular flexibility index (Phi) is 3.47. The number of aromatic nitrogens is 1. The minimum atomic E-state index is -0.380. The number of para-hydroxylation sites is 1. The van der Waals surface area contributed by atoms with Gasteiger partial charge >= 0.3 is 0 Å². The molecule has 21 heavy (non-hydrogen) atoms. The number of hydrogen-bond acceptors (Lipinski definition) is 5. The number of nitro groups is 1. The van der Waals surface area contributed by atoms with Crippen molar-refractivity contribution in [1.82, 2.24) is 4.98 Å². The number of pyridine rings is 1. The second-order valence-corrected chi connectivity index (χ2v) is 5.59. The van der Waals surface area contributed by atoms with Crippen molar-refractivity contribution in [2.75, 3.05) is 11.4 Å². The van der Waals surface area contributed by atoms with Gasteiger partial charge in [0.05, 0.1) is 4.92 Å². The largest absolute Gasteiger partial charge is 0.368 e. The van der Waals surface area contributed by atoms with Gasteiger partial charge in [-0.2, -0.15) is 0 Å². The fraction of sp³-hybridized carbons (Fsp3) is 0.400. The summed E-state index contributed by atoms with van der Waals surface area (Å²) in [5, 5.41) is 12.0. The molecule has 2 N–H and O–H groups in total. The lowest BCUT2D eigenvalue weighted by Crippen LogP contribution is -2.45. The fourth-order valence-electron chi connectivity index (χ4n) is 3.11. The molecule has 0 spiro atoms. The van der Waals surface area contributed by atoms with Crippen LogP contribution in [0.25, 0.3) is 10.9 Å². The first-order valence-electron chi connectivity index (χ1n) is 7.12. The lowest BCUT2D eigenvalue weighted by atomic mass is 9.97. The number of benzene rings is 1. The van der Waals surface area contributed by atoms with Crippen LogP contribution in [0.5, 0.6) is 0 Å². The molecule has 2 aromatic rings. The smallest absolute Gasteiger partial charge is 0.295 e. The summed E-state index contributed by atoms with van der Waals surface area (Å²) in [5.74, 6) is 0. The van der Waals surface area contributed by atoms with Gasteiger partial charge in [-0.05, 0) is 25.8 Å². The molecule has 2 atom stereocenters. The lowest BCUT2D eigenvalue weighted by Gasteiger charge is -2.38. The first-order chi connectivity index (χ1) is 10.1. The highest BCUT2D eigenvalue weighted by Gasteiger charge is 2.25. The zero-order valence-electron chi connectivity index (χ0n) is 11.9. The number of piperidine rings is 1. The summed E-state index contributed by atoms with van der Waals surface area (Å²) in [6.45, 7) is 3.01. The van der Waals surface area contributed by atoms with E-state index in [-0.39, 0.29) is 16.7 Å². The zero-order valence-corrected chi connectivity index (χ0v) is 11.9. The van der Waals surface area contributed by atoms with Crippen molar-refractivity contribution in [3.8, 4) is 0 Å². The topological polar surface area (TPSA) is 85.3 Å². The average molecular weight is 286 g/mol. The number of hydrogen-bond donors (Lipinski definition) is 1. The monoisotopic (exact) mass is 286 g/mol. The molecule has 6 nitrogen and oxygen atoms in total. The molecule has 1 aromatic heterocycles. The quantitative estimate of drug-likeness (QED) is 0.677. The molecule has 1 aliphatic rings. The predicted molar refractivity (Wildman–Crippen MR) is 82.4 cm³/mol. The third-order valence-electron chi connectivity index (χ3n) is 4.15. The Balaban J connectivity index is 2.11. The molecule has 110 valence electrons. The Morgan fingerprint density at radius 3 is 2.95 bits per heavy atom. The van der Waals surface area contributed by atoms with E-state index in [4.69, 9.17) is 5.73 Å². The maximum atomic E-state index is 11.1. The van der Waals surface area contributed by atoms with E-state index < -0.39 is 0 Å². The number of anilines is 1. The van der Waals surface area contributed by atoms with Crippen LogP contribution in [0.1, 0.15) is 19.8 Å². The molecule has 0 amide bonds. The number of non-ortho nitro benzene ring substituents is 1. The summed E-state index contributed by atoms with van der Waals surface area (Å²) in [5.41, 5.74) is 7.51. The van der Waals surface area contributed by atoms with E-state index >= 15 is 0 Å². The summed E-state index contributed by atoms with van der Waals surface area (Å²) in [4.78, 5) is 17.2. The average Bonchev–Trinajstić information content (AvgIpc) is 2.46. The number of nitrogens with two attached hydrogens (primary N) is 1. The minimum absolute atomic E-state index is 0.0516. The second kappa shape index (κ2) is 5.29. The van der Waals surface area contributed by atoms with Gasteiger partial charge in [-0.1, -0.05) is 12.1 Å². The molecule has 1 saturated heterocycles. The molecule has 0 saturated carbocycles. The Morgan fingerprint density at radius 1 is 1.43 bits per heavy atom. The van der Waals surface area contributed by atoms with E-state index in [9.17, 15) is 10.1 Å². The molecule has 2 unspecified atom stereocenters. The van der Waals surface area contributed by atoms with Crippen LogP contribution in [0.2, 0.25) is 0 Å². The Labute approximate surface area is 122 Å². The fourth-order valence-corrected chi connectivity index (χ4v) is 3.11. The molecule has 1 fully saturated rings. The van der Waals surface area contributed by atoms with Gasteiger partial charge in [-0.25, -0.2) is 4.98 Å². The summed E-state index contributed by atoms with van der Waals surface area (Å²) in [6.07, 6.45) is 3.51. The summed E-state index contributed by atoms with van der Waals surface area (Å²) >= 11 is 0. The van der Waals surface area contributed by atoms with E-state index in [0.29, 0.717) is 11.6 Å². The minimum Gasteiger partial charge on any atom is -0.368 e. The van der Waals surface area contributed by atoms with E-state index in [1.165, 1.54) is 6.07 Å². The van der Waals surface area contributed by atoms with Gasteiger partial charge in [0.15, 0.2) is 0 Å². The highest BCUT2D eigenvalue weighted by molar-refractivity contribution is 5.96. The number of fused-ring (bicyclic) bond motifs is 1. The predicted octanol–water partition coefficient (Wildman–Crippen LogP) is 2.46. The molecule has 0 aliphatic carbocycles. The molecule has 0 bridgehead atoms. The van der Waals surface area contributed by atoms with E-state index in [1.54, 1.807) is 12.3 Å². The van der Waals surface area contributed by atoms with Crippen molar-refractivity contribution in [3.05, 3.63) is 40.6 Å². The van der Waals surface area contributed by atoms with Gasteiger partial charge in [-0.15, -0.1) is 0 Å². The summed E-state index contributed by atoms with van der Waals surface area (Å²) in [6, 6.07) is 7.59. The molecule has 6 heteroatoms. The third kappa shape index (κ3) is 2.42. The SMILES string of the molecule is CC1CC(N)CCN1c1ccnc2c([N+](=O)[O-])cccc12. The van der Waals surface area contributed by atoms with Crippen LogP contribution >= 0.6 is 0 Å². The van der Waals surface area contributed by atoms with Crippen molar-refractivity contribution in [3.63, 3.8) is 0 Å². The van der Waals surface area contributed by atoms with Crippen LogP contribution in [0.3, 0.4) is 0 Å². The van der Waals surface area contributed by atoms with Gasteiger partial charge < -0.3 is 10.6 Å². The first-order valence-corrected chi connectivity index (χ1v) is 7.12. The summed E-state index contributed by atoms with van der Waals surface area (Å²) < 4.78 is 0. The highest BCUT2D eigenvalue weighted by Crippen LogP contribution is 2.33. The van der Waals surface area contributed by atoms with E-state index in [1.807, 2.05) is 12.1 Å². The highest BCUT2D eigenvalue weighted by atomic mass is 16.6. The maximum absolute atomic E-state index is 11.1. The third-order valence-corrected chi connectivity index (χ3v) is 4.15. The van der Waals surface area contributed by atoms with E-state index in [0.717, 1.165) is 30.5 Å². The van der Waals surface area contributed by atoms with Crippen LogP contribution in [0, 0.1) is 10.1 Å². The van der Waals surface area contributed by atoms with Crippen molar-refractivity contribution >= 4 is 22.3 Å². The Bertz CT molecular complexity index is 688. The first kappa shape index (κ1) is 13.8.